The molecule has 0 radical (unpaired) electrons. The molecule has 1 saturated heterocycles. The highest BCUT2D eigenvalue weighted by atomic mass is 19.4. The highest BCUT2D eigenvalue weighted by Crippen LogP contribution is 2.52. The van der Waals surface area contributed by atoms with E-state index < -0.39 is 41.0 Å². The fraction of sp³-hybridized carbons (Fsp3) is 0.588. The number of rotatable bonds is 12. The van der Waals surface area contributed by atoms with Crippen molar-refractivity contribution in [1.82, 2.24) is 10.2 Å². The number of ether oxygens (including phenoxy) is 3. The van der Waals surface area contributed by atoms with Gasteiger partial charge in [-0.3, -0.25) is 9.69 Å². The molecule has 1 aliphatic carbocycles. The van der Waals surface area contributed by atoms with E-state index in [-0.39, 0.29) is 55.6 Å². The number of fused-ring (bicyclic) bond motifs is 1. The first-order valence-electron chi connectivity index (χ1n) is 16.4. The SMILES string of the molecule is CCCc1cc(C(O)(C(F)(F)F)C(F)(F)F)cc(C2CCCCC2)c1OCCCCN1C(=O)NC(CC)(c2ccc3c(c2)OCO3)C1=O. The third kappa shape index (κ3) is 6.39. The first-order valence-corrected chi connectivity index (χ1v) is 16.4. The molecule has 1 unspecified atom stereocenters. The number of hydrogen-bond donors (Lipinski definition) is 2. The average molecular weight is 687 g/mol. The average Bonchev–Trinajstić information content (AvgIpc) is 3.61. The second kappa shape index (κ2) is 13.7. The van der Waals surface area contributed by atoms with Gasteiger partial charge in [0, 0.05) is 12.1 Å². The number of urea groups is 1. The van der Waals surface area contributed by atoms with Gasteiger partial charge in [0.2, 0.25) is 6.79 Å². The van der Waals surface area contributed by atoms with Gasteiger partial charge in [0.1, 0.15) is 11.3 Å². The Morgan fingerprint density at radius 3 is 2.29 bits per heavy atom. The molecular weight excluding hydrogens is 646 g/mol. The minimum Gasteiger partial charge on any atom is -0.493 e. The minimum atomic E-state index is -6.00. The van der Waals surface area contributed by atoms with Crippen LogP contribution in [0.25, 0.3) is 0 Å². The Hall–Kier alpha value is -3.68. The predicted octanol–water partition coefficient (Wildman–Crippen LogP) is 7.74. The van der Waals surface area contributed by atoms with Gasteiger partial charge < -0.3 is 24.6 Å². The maximum absolute atomic E-state index is 13.9. The van der Waals surface area contributed by atoms with Crippen LogP contribution in [0.15, 0.2) is 30.3 Å². The topological polar surface area (TPSA) is 97.3 Å². The highest BCUT2D eigenvalue weighted by Gasteiger charge is 2.71. The quantitative estimate of drug-likeness (QED) is 0.135. The van der Waals surface area contributed by atoms with Crippen LogP contribution in [-0.4, -0.2) is 54.2 Å². The number of benzene rings is 2. The summed E-state index contributed by atoms with van der Waals surface area (Å²) in [6, 6.07) is 6.10. The number of imide groups is 1. The largest absolute Gasteiger partial charge is 0.493 e. The van der Waals surface area contributed by atoms with Crippen molar-refractivity contribution in [2.24, 2.45) is 0 Å². The van der Waals surface area contributed by atoms with Crippen molar-refractivity contribution in [3.63, 3.8) is 0 Å². The number of hydrogen-bond acceptors (Lipinski definition) is 6. The highest BCUT2D eigenvalue weighted by molar-refractivity contribution is 6.07. The molecule has 0 spiro atoms. The Labute approximate surface area is 274 Å². The molecule has 0 aromatic heterocycles. The smallest absolute Gasteiger partial charge is 0.430 e. The third-order valence-corrected chi connectivity index (χ3v) is 9.59. The summed E-state index contributed by atoms with van der Waals surface area (Å²) in [6.07, 6.45) is -6.94. The molecule has 8 nitrogen and oxygen atoms in total. The van der Waals surface area contributed by atoms with Gasteiger partial charge in [-0.05, 0) is 85.4 Å². The minimum absolute atomic E-state index is 0.0450. The number of halogens is 6. The maximum atomic E-state index is 13.9. The fourth-order valence-corrected chi connectivity index (χ4v) is 6.94. The van der Waals surface area contributed by atoms with Crippen LogP contribution in [-0.2, 0) is 22.4 Å². The number of alkyl halides is 6. The van der Waals surface area contributed by atoms with Crippen molar-refractivity contribution >= 4 is 11.9 Å². The van der Waals surface area contributed by atoms with Crippen LogP contribution in [0.2, 0.25) is 0 Å². The van der Waals surface area contributed by atoms with Crippen LogP contribution in [0.3, 0.4) is 0 Å². The molecule has 2 aliphatic heterocycles. The van der Waals surface area contributed by atoms with Crippen LogP contribution in [0, 0.1) is 0 Å². The van der Waals surface area contributed by atoms with Crippen molar-refractivity contribution in [1.29, 1.82) is 0 Å². The molecule has 264 valence electrons. The van der Waals surface area contributed by atoms with Crippen LogP contribution in [0.5, 0.6) is 17.2 Å². The summed E-state index contributed by atoms with van der Waals surface area (Å²) >= 11 is 0. The van der Waals surface area contributed by atoms with Crippen molar-refractivity contribution in [3.8, 4) is 17.2 Å². The summed E-state index contributed by atoms with van der Waals surface area (Å²) in [4.78, 5) is 27.7. The molecule has 2 aromatic carbocycles. The molecule has 5 rings (SSSR count). The monoisotopic (exact) mass is 686 g/mol. The number of unbranched alkanes of at least 4 members (excludes halogenated alkanes) is 1. The molecule has 1 saturated carbocycles. The second-order valence-electron chi connectivity index (χ2n) is 12.6. The van der Waals surface area contributed by atoms with Crippen LogP contribution < -0.4 is 19.5 Å². The standard InChI is InChI=1S/C34H40F6N2O6/c1-3-10-22-17-24(32(45,33(35,36)37)34(38,39)40)18-25(21-11-6-5-7-12-21)28(22)46-16-9-8-15-42-29(43)31(4-2,41-30(42)44)23-13-14-26-27(19-23)48-20-47-26/h13-14,17-19,21,45H,3-12,15-16,20H2,1-2H3,(H,41,44). The first kappa shape index (κ1) is 35.6. The zero-order valence-electron chi connectivity index (χ0n) is 26.9. The molecule has 14 heteroatoms. The lowest BCUT2D eigenvalue weighted by Gasteiger charge is -2.35. The molecule has 0 bridgehead atoms. The summed E-state index contributed by atoms with van der Waals surface area (Å²) < 4.78 is 100. The van der Waals surface area contributed by atoms with E-state index >= 15 is 0 Å². The van der Waals surface area contributed by atoms with Gasteiger partial charge in [0.15, 0.2) is 11.5 Å². The maximum Gasteiger partial charge on any atom is 0.430 e. The van der Waals surface area contributed by atoms with E-state index in [0.29, 0.717) is 49.2 Å². The van der Waals surface area contributed by atoms with E-state index in [1.54, 1.807) is 32.0 Å². The Balaban J connectivity index is 1.33. The zero-order valence-corrected chi connectivity index (χ0v) is 26.9. The molecule has 3 amide bonds. The molecule has 3 aliphatic rings. The predicted molar refractivity (Wildman–Crippen MR) is 162 cm³/mol. The van der Waals surface area contributed by atoms with Crippen molar-refractivity contribution < 1.29 is 55.2 Å². The molecule has 48 heavy (non-hydrogen) atoms. The van der Waals surface area contributed by atoms with Gasteiger partial charge in [0.25, 0.3) is 11.5 Å². The van der Waals surface area contributed by atoms with E-state index in [1.807, 2.05) is 0 Å². The third-order valence-electron chi connectivity index (χ3n) is 9.59. The number of nitrogens with zero attached hydrogens (tertiary/aromatic N) is 1. The number of carbonyl (C=O) groups is 2. The van der Waals surface area contributed by atoms with Crippen molar-refractivity contribution in [3.05, 3.63) is 52.6 Å². The summed E-state index contributed by atoms with van der Waals surface area (Å²) in [7, 11) is 0. The van der Waals surface area contributed by atoms with E-state index in [2.05, 4.69) is 5.32 Å². The Morgan fingerprint density at radius 2 is 1.65 bits per heavy atom. The fourth-order valence-electron chi connectivity index (χ4n) is 6.94. The van der Waals surface area contributed by atoms with E-state index in [4.69, 9.17) is 14.2 Å². The second-order valence-corrected chi connectivity index (χ2v) is 12.6. The van der Waals surface area contributed by atoms with Gasteiger partial charge in [0.05, 0.1) is 6.61 Å². The molecule has 2 heterocycles. The number of aryl methyl sites for hydroxylation is 1. The molecule has 1 atom stereocenters. The van der Waals surface area contributed by atoms with Crippen molar-refractivity contribution in [2.75, 3.05) is 19.9 Å². The Bertz CT molecular complexity index is 1490. The number of aliphatic hydroxyl groups is 1. The van der Waals surface area contributed by atoms with Gasteiger partial charge in [-0.15, -0.1) is 0 Å². The number of carbonyl (C=O) groups excluding carboxylic acids is 2. The summed E-state index contributed by atoms with van der Waals surface area (Å²) in [5, 5.41) is 13.1. The Kier molecular flexibility index (Phi) is 10.1. The lowest BCUT2D eigenvalue weighted by atomic mass is 9.79. The van der Waals surface area contributed by atoms with E-state index in [9.17, 15) is 41.0 Å². The molecule has 2 N–H and O–H groups in total. The van der Waals surface area contributed by atoms with Gasteiger partial charge in [-0.25, -0.2) is 4.79 Å². The summed E-state index contributed by atoms with van der Waals surface area (Å²) in [5.41, 5.74) is -6.64. The van der Waals surface area contributed by atoms with E-state index in [1.165, 1.54) is 0 Å². The normalized spacial score (nSPS) is 20.4. The summed E-state index contributed by atoms with van der Waals surface area (Å²) in [6.45, 7) is 3.70. The molecule has 2 fully saturated rings. The van der Waals surface area contributed by atoms with E-state index in [0.717, 1.165) is 36.3 Å². The van der Waals surface area contributed by atoms with Gasteiger partial charge in [-0.2, -0.15) is 26.3 Å². The van der Waals surface area contributed by atoms with Gasteiger partial charge >= 0.3 is 18.4 Å². The van der Waals surface area contributed by atoms with Crippen LogP contribution in [0.1, 0.15) is 99.8 Å². The van der Waals surface area contributed by atoms with Crippen molar-refractivity contribution in [2.45, 2.75) is 107 Å². The lowest BCUT2D eigenvalue weighted by molar-refractivity contribution is -0.376. The van der Waals surface area contributed by atoms with Gasteiger partial charge in [-0.1, -0.05) is 45.6 Å². The summed E-state index contributed by atoms with van der Waals surface area (Å²) in [5.74, 6) is 0.499. The first-order chi connectivity index (χ1) is 22.7. The molecule has 2 aromatic rings. The van der Waals surface area contributed by atoms with Crippen LogP contribution >= 0.6 is 0 Å². The zero-order chi connectivity index (χ0) is 34.9. The number of nitrogens with one attached hydrogen (secondary N) is 1. The molecular formula is C34H40F6N2O6. The Morgan fingerprint density at radius 1 is 0.958 bits per heavy atom. The lowest BCUT2D eigenvalue weighted by Crippen LogP contribution is -2.54. The van der Waals surface area contributed by atoms with Crippen LogP contribution in [0.4, 0.5) is 31.1 Å². The number of amides is 3.